The molecule has 3 atom stereocenters. The zero-order chi connectivity index (χ0) is 23.7. The van der Waals surface area contributed by atoms with E-state index in [1.54, 1.807) is 19.1 Å². The van der Waals surface area contributed by atoms with Crippen LogP contribution >= 0.6 is 0 Å². The average molecular weight is 431 g/mol. The number of ketones is 1. The summed E-state index contributed by atoms with van der Waals surface area (Å²) in [5, 5.41) is 9.71. The number of aliphatic hydroxyl groups is 1. The fourth-order valence-corrected chi connectivity index (χ4v) is 3.23. The van der Waals surface area contributed by atoms with Crippen LogP contribution in [0.4, 0.5) is 0 Å². The lowest BCUT2D eigenvalue weighted by Crippen LogP contribution is -2.41. The highest BCUT2D eigenvalue weighted by molar-refractivity contribution is 6.04. The van der Waals surface area contributed by atoms with Crippen molar-refractivity contribution in [3.05, 3.63) is 59.3 Å². The zero-order valence-electron chi connectivity index (χ0n) is 20.0. The van der Waals surface area contributed by atoms with E-state index in [0.717, 1.165) is 18.4 Å². The third-order valence-corrected chi connectivity index (χ3v) is 5.46. The van der Waals surface area contributed by atoms with Crippen molar-refractivity contribution in [3.63, 3.8) is 0 Å². The average Bonchev–Trinajstić information content (AvgIpc) is 2.69. The Balaban J connectivity index is 3.46. The van der Waals surface area contributed by atoms with Crippen LogP contribution in [-0.2, 0) is 19.1 Å². The fourth-order valence-electron chi connectivity index (χ4n) is 3.23. The van der Waals surface area contributed by atoms with Gasteiger partial charge in [-0.3, -0.25) is 4.79 Å². The minimum absolute atomic E-state index is 0.284. The van der Waals surface area contributed by atoms with Gasteiger partial charge in [0.2, 0.25) is 0 Å². The Hall–Kier alpha value is -2.24. The first-order chi connectivity index (χ1) is 14.4. The summed E-state index contributed by atoms with van der Waals surface area (Å²) in [6.07, 6.45) is 13.8. The lowest BCUT2D eigenvalue weighted by Gasteiger charge is -2.32. The van der Waals surface area contributed by atoms with E-state index in [-0.39, 0.29) is 17.8 Å². The molecule has 0 unspecified atom stereocenters. The molecule has 5 nitrogen and oxygen atoms in total. The van der Waals surface area contributed by atoms with Crippen molar-refractivity contribution < 1.29 is 24.2 Å². The van der Waals surface area contributed by atoms with Crippen molar-refractivity contribution in [1.29, 1.82) is 0 Å². The third-order valence-electron chi connectivity index (χ3n) is 5.46. The van der Waals surface area contributed by atoms with Crippen LogP contribution in [0.2, 0.25) is 0 Å². The Morgan fingerprint density at radius 2 is 1.87 bits per heavy atom. The van der Waals surface area contributed by atoms with E-state index in [9.17, 15) is 14.7 Å². The number of hydrogen-bond acceptors (Lipinski definition) is 5. The number of carbonyl (C=O) groups is 2. The molecule has 0 amide bonds. The normalized spacial score (nSPS) is 30.3. The largest absolute Gasteiger partial charge is 0.452 e. The summed E-state index contributed by atoms with van der Waals surface area (Å²) in [6.45, 7) is 11.3. The second-order valence-corrected chi connectivity index (χ2v) is 9.09. The molecule has 0 aliphatic heterocycles. The molecule has 0 saturated heterocycles. The summed E-state index contributed by atoms with van der Waals surface area (Å²) in [7, 11) is 1.51. The highest BCUT2D eigenvalue weighted by Crippen LogP contribution is 2.33. The molecule has 0 aromatic rings. The second kappa shape index (κ2) is 12.0. The summed E-state index contributed by atoms with van der Waals surface area (Å²) in [6, 6.07) is 0. The Bertz CT molecular complexity index is 791. The molecule has 1 aliphatic rings. The van der Waals surface area contributed by atoms with Gasteiger partial charge in [-0.25, -0.2) is 4.79 Å². The predicted molar refractivity (Wildman–Crippen MR) is 125 cm³/mol. The van der Waals surface area contributed by atoms with Crippen LogP contribution in [0.25, 0.3) is 0 Å². The van der Waals surface area contributed by atoms with Crippen molar-refractivity contribution in [2.75, 3.05) is 13.7 Å². The summed E-state index contributed by atoms with van der Waals surface area (Å²) < 4.78 is 11.4. The van der Waals surface area contributed by atoms with E-state index in [2.05, 4.69) is 26.8 Å². The molecule has 1 rings (SSSR count). The maximum absolute atomic E-state index is 12.6. The Morgan fingerprint density at radius 3 is 2.42 bits per heavy atom. The Kier molecular flexibility index (Phi) is 10.3. The summed E-state index contributed by atoms with van der Waals surface area (Å²) >= 11 is 0. The molecule has 0 heterocycles. The van der Waals surface area contributed by atoms with Gasteiger partial charge in [-0.15, -0.1) is 0 Å². The smallest absolute Gasteiger partial charge is 0.331 e. The Labute approximate surface area is 187 Å². The van der Waals surface area contributed by atoms with Crippen molar-refractivity contribution >= 4 is 11.8 Å². The van der Waals surface area contributed by atoms with Gasteiger partial charge in [0.25, 0.3) is 0 Å². The molecule has 0 aromatic carbocycles. The molecule has 5 heteroatoms. The molecule has 1 aliphatic carbocycles. The molecular formula is C26H38O5. The van der Waals surface area contributed by atoms with Crippen LogP contribution in [-0.4, -0.2) is 42.3 Å². The van der Waals surface area contributed by atoms with Gasteiger partial charge in [-0.05, 0) is 77.5 Å². The fraction of sp³-hybridized carbons (Fsp3) is 0.538. The third kappa shape index (κ3) is 8.80. The molecular weight excluding hydrogens is 392 g/mol. The molecule has 0 fully saturated rings. The number of ether oxygens (including phenoxy) is 2. The number of esters is 1. The van der Waals surface area contributed by atoms with E-state index in [1.807, 2.05) is 26.0 Å². The minimum atomic E-state index is -1.05. The quantitative estimate of drug-likeness (QED) is 0.349. The van der Waals surface area contributed by atoms with E-state index >= 15 is 0 Å². The minimum Gasteiger partial charge on any atom is -0.452 e. The number of rotatable bonds is 7. The van der Waals surface area contributed by atoms with Crippen LogP contribution in [0.3, 0.4) is 0 Å². The van der Waals surface area contributed by atoms with Gasteiger partial charge in [0.15, 0.2) is 11.9 Å². The number of allylic oxidation sites excluding steroid dienone is 6. The van der Waals surface area contributed by atoms with Crippen LogP contribution in [0.5, 0.6) is 0 Å². The predicted octanol–water partition coefficient (Wildman–Crippen LogP) is 5.03. The number of aliphatic hydroxyl groups excluding tert-OH is 1. The first-order valence-electron chi connectivity index (χ1n) is 10.7. The van der Waals surface area contributed by atoms with Gasteiger partial charge >= 0.3 is 5.97 Å². The molecule has 31 heavy (non-hydrogen) atoms. The molecule has 0 aromatic heterocycles. The second-order valence-electron chi connectivity index (χ2n) is 9.09. The molecule has 0 saturated carbocycles. The van der Waals surface area contributed by atoms with Gasteiger partial charge < -0.3 is 14.6 Å². The maximum Gasteiger partial charge on any atom is 0.331 e. The van der Waals surface area contributed by atoms with Crippen LogP contribution in [0.1, 0.15) is 60.8 Å². The topological polar surface area (TPSA) is 72.8 Å². The number of methoxy groups -OCH3 is 1. The van der Waals surface area contributed by atoms with Crippen molar-refractivity contribution in [3.8, 4) is 0 Å². The first-order valence-corrected chi connectivity index (χ1v) is 10.7. The zero-order valence-corrected chi connectivity index (χ0v) is 20.0. The van der Waals surface area contributed by atoms with E-state index in [0.29, 0.717) is 12.0 Å². The van der Waals surface area contributed by atoms with Gasteiger partial charge in [0, 0.05) is 18.8 Å². The Morgan fingerprint density at radius 1 is 1.19 bits per heavy atom. The monoisotopic (exact) mass is 430 g/mol. The van der Waals surface area contributed by atoms with Crippen LogP contribution < -0.4 is 0 Å². The molecule has 0 bridgehead atoms. The highest BCUT2D eigenvalue weighted by Gasteiger charge is 2.35. The summed E-state index contributed by atoms with van der Waals surface area (Å²) in [5.41, 5.74) is 1.07. The van der Waals surface area contributed by atoms with Gasteiger partial charge in [0.1, 0.15) is 5.60 Å². The first kappa shape index (κ1) is 26.8. The van der Waals surface area contributed by atoms with Crippen molar-refractivity contribution in [2.45, 2.75) is 72.5 Å². The van der Waals surface area contributed by atoms with Crippen LogP contribution in [0, 0.1) is 5.41 Å². The van der Waals surface area contributed by atoms with Crippen molar-refractivity contribution in [1.82, 2.24) is 0 Å². The molecule has 1 N–H and O–H groups in total. The van der Waals surface area contributed by atoms with E-state index in [1.165, 1.54) is 24.8 Å². The van der Waals surface area contributed by atoms with Gasteiger partial charge in [-0.1, -0.05) is 36.3 Å². The van der Waals surface area contributed by atoms with E-state index in [4.69, 9.17) is 9.47 Å². The van der Waals surface area contributed by atoms with E-state index < -0.39 is 17.7 Å². The van der Waals surface area contributed by atoms with Crippen molar-refractivity contribution in [2.24, 2.45) is 5.41 Å². The maximum atomic E-state index is 12.6. The van der Waals surface area contributed by atoms with Gasteiger partial charge in [-0.2, -0.15) is 0 Å². The number of hydrogen-bond donors (Lipinski definition) is 1. The summed E-state index contributed by atoms with van der Waals surface area (Å²) in [4.78, 5) is 25.0. The van der Waals surface area contributed by atoms with Gasteiger partial charge in [0.05, 0.1) is 6.61 Å². The lowest BCUT2D eigenvalue weighted by atomic mass is 9.80. The summed E-state index contributed by atoms with van der Waals surface area (Å²) in [5.74, 6) is -0.748. The SMILES string of the molecule is CO[C@]1(C)/C=C/C(=O)/C(CO)=C\C[C@](C)(CCC=C(C)C)/C=C/[C@H]1OC(=O)C=C(C)C. The molecule has 0 radical (unpaired) electrons. The lowest BCUT2D eigenvalue weighted by molar-refractivity contribution is -0.150. The standard InChI is InChI=1S/C26H38O5/c1-19(2)9-8-13-25(5)14-10-21(18-27)22(28)11-16-26(6,30-7)23(12-15-25)31-24(29)17-20(3)4/h9-12,15-17,23,27H,8,13-14,18H2,1-7H3/b15-12+,16-11+,21-10-/t23-,25+,26-/m1/s1. The highest BCUT2D eigenvalue weighted by atomic mass is 16.6. The van der Waals surface area contributed by atoms with Crippen LogP contribution in [0.15, 0.2) is 59.3 Å². The molecule has 172 valence electrons. The number of carbonyl (C=O) groups excluding carboxylic acids is 2. The molecule has 0 spiro atoms.